The number of hydrogen-bond acceptors (Lipinski definition) is 3. The molecule has 2 heterocycles. The number of ether oxygens (including phenoxy) is 1. The van der Waals surface area contributed by atoms with Gasteiger partial charge in [0.05, 0.1) is 0 Å². The Morgan fingerprint density at radius 1 is 1.41 bits per heavy atom. The van der Waals surface area contributed by atoms with Gasteiger partial charge in [0, 0.05) is 32.3 Å². The van der Waals surface area contributed by atoms with Crippen LogP contribution in [0.5, 0.6) is 0 Å². The smallest absolute Gasteiger partial charge is 0.254 e. The van der Waals surface area contributed by atoms with Gasteiger partial charge in [0.1, 0.15) is 5.60 Å². The van der Waals surface area contributed by atoms with Gasteiger partial charge in [-0.05, 0) is 39.5 Å². The SMILES string of the molecule is COC(C)(C)C(=O)N1CC2CNCC2C1(C)C. The molecule has 4 nitrogen and oxygen atoms in total. The summed E-state index contributed by atoms with van der Waals surface area (Å²) in [5.41, 5.74) is -0.787. The van der Waals surface area contributed by atoms with Crippen molar-refractivity contribution in [1.29, 1.82) is 0 Å². The number of amides is 1. The van der Waals surface area contributed by atoms with Crippen molar-refractivity contribution in [2.75, 3.05) is 26.7 Å². The maximum Gasteiger partial charge on any atom is 0.254 e. The van der Waals surface area contributed by atoms with Crippen molar-refractivity contribution in [3.8, 4) is 0 Å². The Hall–Kier alpha value is -0.610. The molecule has 0 saturated carbocycles. The lowest BCUT2D eigenvalue weighted by atomic mass is 9.84. The first-order valence-corrected chi connectivity index (χ1v) is 6.38. The Kier molecular flexibility index (Phi) is 2.99. The fourth-order valence-electron chi connectivity index (χ4n) is 3.18. The molecule has 1 amide bonds. The summed E-state index contributed by atoms with van der Waals surface area (Å²) in [5, 5.41) is 3.42. The summed E-state index contributed by atoms with van der Waals surface area (Å²) in [6, 6.07) is 0. The van der Waals surface area contributed by atoms with Crippen molar-refractivity contribution in [1.82, 2.24) is 10.2 Å². The molecule has 17 heavy (non-hydrogen) atoms. The van der Waals surface area contributed by atoms with Crippen LogP contribution in [0, 0.1) is 11.8 Å². The third-order valence-corrected chi connectivity index (χ3v) is 4.63. The van der Waals surface area contributed by atoms with E-state index in [1.165, 1.54) is 0 Å². The molecule has 0 radical (unpaired) electrons. The Balaban J connectivity index is 2.21. The van der Waals surface area contributed by atoms with E-state index in [0.717, 1.165) is 19.6 Å². The number of likely N-dealkylation sites (tertiary alicyclic amines) is 1. The van der Waals surface area contributed by atoms with Crippen molar-refractivity contribution in [3.05, 3.63) is 0 Å². The molecule has 2 aliphatic heterocycles. The molecule has 2 rings (SSSR count). The highest BCUT2D eigenvalue weighted by atomic mass is 16.5. The molecule has 0 aromatic heterocycles. The summed E-state index contributed by atoms with van der Waals surface area (Å²) < 4.78 is 5.32. The van der Waals surface area contributed by atoms with E-state index < -0.39 is 5.60 Å². The number of carbonyl (C=O) groups is 1. The summed E-state index contributed by atoms with van der Waals surface area (Å²) >= 11 is 0. The number of nitrogens with zero attached hydrogens (tertiary/aromatic N) is 1. The van der Waals surface area contributed by atoms with Crippen LogP contribution in [0.2, 0.25) is 0 Å². The molecule has 98 valence electrons. The molecule has 0 spiro atoms. The lowest BCUT2D eigenvalue weighted by molar-refractivity contribution is -0.155. The van der Waals surface area contributed by atoms with Crippen LogP contribution < -0.4 is 5.32 Å². The van der Waals surface area contributed by atoms with E-state index in [4.69, 9.17) is 4.74 Å². The predicted octanol–water partition coefficient (Wildman–Crippen LogP) is 0.868. The normalized spacial score (nSPS) is 31.7. The van der Waals surface area contributed by atoms with Crippen molar-refractivity contribution >= 4 is 5.91 Å². The van der Waals surface area contributed by atoms with Gasteiger partial charge in [-0.2, -0.15) is 0 Å². The van der Waals surface area contributed by atoms with E-state index in [9.17, 15) is 4.79 Å². The zero-order chi connectivity index (χ0) is 12.8. The first kappa shape index (κ1) is 12.8. The van der Waals surface area contributed by atoms with E-state index in [-0.39, 0.29) is 11.4 Å². The summed E-state index contributed by atoms with van der Waals surface area (Å²) in [5.74, 6) is 1.28. The Morgan fingerprint density at radius 3 is 2.59 bits per heavy atom. The lowest BCUT2D eigenvalue weighted by Gasteiger charge is -2.39. The van der Waals surface area contributed by atoms with Gasteiger partial charge in [-0.15, -0.1) is 0 Å². The zero-order valence-electron chi connectivity index (χ0n) is 11.5. The number of fused-ring (bicyclic) bond motifs is 1. The average molecular weight is 240 g/mol. The summed E-state index contributed by atoms with van der Waals surface area (Å²) in [7, 11) is 1.60. The van der Waals surface area contributed by atoms with Crippen LogP contribution in [-0.4, -0.2) is 48.7 Å². The number of carbonyl (C=O) groups excluding carboxylic acids is 1. The van der Waals surface area contributed by atoms with Crippen LogP contribution in [0.1, 0.15) is 27.7 Å². The van der Waals surface area contributed by atoms with Gasteiger partial charge in [-0.3, -0.25) is 4.79 Å². The first-order chi connectivity index (χ1) is 7.80. The van der Waals surface area contributed by atoms with Crippen molar-refractivity contribution in [2.45, 2.75) is 38.8 Å². The van der Waals surface area contributed by atoms with Crippen LogP contribution in [-0.2, 0) is 9.53 Å². The quantitative estimate of drug-likeness (QED) is 0.778. The molecule has 1 N–H and O–H groups in total. The van der Waals surface area contributed by atoms with Gasteiger partial charge < -0.3 is 15.0 Å². The van der Waals surface area contributed by atoms with Gasteiger partial charge in [0.25, 0.3) is 5.91 Å². The predicted molar refractivity (Wildman–Crippen MR) is 66.7 cm³/mol. The first-order valence-electron chi connectivity index (χ1n) is 6.38. The monoisotopic (exact) mass is 240 g/mol. The second-order valence-electron chi connectivity index (χ2n) is 6.31. The molecule has 2 aliphatic rings. The molecule has 2 saturated heterocycles. The maximum atomic E-state index is 12.5. The van der Waals surface area contributed by atoms with E-state index in [2.05, 4.69) is 19.2 Å². The standard InChI is InChI=1S/C13H24N2O2/c1-12(2)10-7-14-6-9(10)8-15(12)11(16)13(3,4)17-5/h9-10,14H,6-8H2,1-5H3. The van der Waals surface area contributed by atoms with Gasteiger partial charge in [0.15, 0.2) is 0 Å². The molecule has 0 bridgehead atoms. The van der Waals surface area contributed by atoms with Gasteiger partial charge in [-0.1, -0.05) is 0 Å². The summed E-state index contributed by atoms with van der Waals surface area (Å²) in [4.78, 5) is 14.5. The van der Waals surface area contributed by atoms with E-state index in [1.807, 2.05) is 18.7 Å². The number of rotatable bonds is 2. The molecule has 2 fully saturated rings. The summed E-state index contributed by atoms with van der Waals surface area (Å²) in [6.07, 6.45) is 0. The maximum absolute atomic E-state index is 12.5. The Labute approximate surface area is 104 Å². The third-order valence-electron chi connectivity index (χ3n) is 4.63. The van der Waals surface area contributed by atoms with Crippen LogP contribution in [0.4, 0.5) is 0 Å². The average Bonchev–Trinajstić information content (AvgIpc) is 2.80. The molecule has 2 unspecified atom stereocenters. The van der Waals surface area contributed by atoms with E-state index in [1.54, 1.807) is 7.11 Å². The second-order valence-corrected chi connectivity index (χ2v) is 6.31. The topological polar surface area (TPSA) is 41.6 Å². The number of methoxy groups -OCH3 is 1. The van der Waals surface area contributed by atoms with E-state index >= 15 is 0 Å². The van der Waals surface area contributed by atoms with Crippen molar-refractivity contribution in [3.63, 3.8) is 0 Å². The number of hydrogen-bond donors (Lipinski definition) is 1. The molecule has 0 aromatic rings. The highest BCUT2D eigenvalue weighted by Crippen LogP contribution is 2.41. The molecule has 0 aromatic carbocycles. The largest absolute Gasteiger partial charge is 0.369 e. The second kappa shape index (κ2) is 3.95. The fraction of sp³-hybridized carbons (Fsp3) is 0.923. The molecular weight excluding hydrogens is 216 g/mol. The fourth-order valence-corrected chi connectivity index (χ4v) is 3.18. The van der Waals surface area contributed by atoms with E-state index in [0.29, 0.717) is 11.8 Å². The minimum Gasteiger partial charge on any atom is -0.369 e. The van der Waals surface area contributed by atoms with Crippen LogP contribution in [0.25, 0.3) is 0 Å². The highest BCUT2D eigenvalue weighted by molar-refractivity contribution is 5.85. The minimum absolute atomic E-state index is 0.0684. The molecule has 4 heteroatoms. The van der Waals surface area contributed by atoms with Crippen molar-refractivity contribution < 1.29 is 9.53 Å². The van der Waals surface area contributed by atoms with Crippen LogP contribution >= 0.6 is 0 Å². The van der Waals surface area contributed by atoms with Gasteiger partial charge in [0.2, 0.25) is 0 Å². The van der Waals surface area contributed by atoms with Crippen molar-refractivity contribution in [2.24, 2.45) is 11.8 Å². The highest BCUT2D eigenvalue weighted by Gasteiger charge is 2.53. The lowest BCUT2D eigenvalue weighted by Crippen LogP contribution is -2.54. The molecular formula is C13H24N2O2. The summed E-state index contributed by atoms with van der Waals surface area (Å²) in [6.45, 7) is 11.0. The van der Waals surface area contributed by atoms with Gasteiger partial charge in [-0.25, -0.2) is 0 Å². The Bertz CT molecular complexity index is 325. The molecule has 0 aliphatic carbocycles. The Morgan fingerprint density at radius 2 is 2.06 bits per heavy atom. The number of nitrogens with one attached hydrogen (secondary N) is 1. The molecule has 2 atom stereocenters. The van der Waals surface area contributed by atoms with Gasteiger partial charge >= 0.3 is 0 Å². The van der Waals surface area contributed by atoms with Crippen LogP contribution in [0.3, 0.4) is 0 Å². The van der Waals surface area contributed by atoms with Crippen LogP contribution in [0.15, 0.2) is 0 Å². The third kappa shape index (κ3) is 1.87. The zero-order valence-corrected chi connectivity index (χ0v) is 11.5. The minimum atomic E-state index is -0.719.